The Hall–Kier alpha value is -1.70. The molecule has 1 fully saturated rings. The molecular weight excluding hydrogens is 415 g/mol. The summed E-state index contributed by atoms with van der Waals surface area (Å²) in [5.74, 6) is -0.861. The zero-order chi connectivity index (χ0) is 22.2. The molecule has 30 heavy (non-hydrogen) atoms. The molecule has 0 aliphatic carbocycles. The van der Waals surface area contributed by atoms with Gasteiger partial charge in [0.1, 0.15) is 11.3 Å². The number of benzene rings is 1. The van der Waals surface area contributed by atoms with Gasteiger partial charge in [-0.2, -0.15) is 4.31 Å². The van der Waals surface area contributed by atoms with E-state index in [0.717, 1.165) is 0 Å². The summed E-state index contributed by atoms with van der Waals surface area (Å²) in [6, 6.07) is 6.06. The summed E-state index contributed by atoms with van der Waals surface area (Å²) >= 11 is 0. The van der Waals surface area contributed by atoms with Gasteiger partial charge in [-0.15, -0.1) is 0 Å². The largest absolute Gasteiger partial charge is 0.493 e. The molecule has 1 atom stereocenters. The fourth-order valence-electron chi connectivity index (χ4n) is 3.12. The van der Waals surface area contributed by atoms with Crippen LogP contribution >= 0.6 is 0 Å². The lowest BCUT2D eigenvalue weighted by Crippen LogP contribution is -2.49. The number of unbranched alkanes of at least 4 members (excludes halogenated alkanes) is 1. The van der Waals surface area contributed by atoms with Crippen LogP contribution < -0.4 is 10.5 Å². The minimum absolute atomic E-state index is 0.00746. The van der Waals surface area contributed by atoms with Crippen LogP contribution in [0.4, 0.5) is 0 Å². The molecule has 1 aromatic rings. The highest BCUT2D eigenvalue weighted by atomic mass is 32.2. The number of ether oxygens (including phenoxy) is 2. The SMILES string of the molecule is NC(CCCCB(O)O)(CCOc1cccc(S(=O)(=O)N2CCOCC2)c1)C(=O)O. The molecule has 168 valence electrons. The van der Waals surface area contributed by atoms with Crippen molar-refractivity contribution >= 4 is 23.1 Å². The van der Waals surface area contributed by atoms with Gasteiger partial charge in [0.25, 0.3) is 0 Å². The highest BCUT2D eigenvalue weighted by molar-refractivity contribution is 7.89. The summed E-state index contributed by atoms with van der Waals surface area (Å²) in [6.07, 6.45) is 1.19. The molecule has 0 radical (unpaired) electrons. The van der Waals surface area contributed by atoms with Gasteiger partial charge in [0.15, 0.2) is 0 Å². The number of aliphatic carboxylic acids is 1. The molecule has 12 heteroatoms. The lowest BCUT2D eigenvalue weighted by Gasteiger charge is -2.26. The van der Waals surface area contributed by atoms with Crippen LogP contribution in [0.15, 0.2) is 29.2 Å². The lowest BCUT2D eigenvalue weighted by atomic mass is 9.81. The second kappa shape index (κ2) is 11.1. The van der Waals surface area contributed by atoms with Crippen molar-refractivity contribution in [2.24, 2.45) is 5.73 Å². The Labute approximate surface area is 176 Å². The third-order valence-electron chi connectivity index (χ3n) is 4.99. The number of morpholine rings is 1. The van der Waals surface area contributed by atoms with Gasteiger partial charge in [0.05, 0.1) is 24.7 Å². The summed E-state index contributed by atoms with van der Waals surface area (Å²) in [7, 11) is -5.08. The van der Waals surface area contributed by atoms with Gasteiger partial charge in [0.2, 0.25) is 10.0 Å². The molecule has 1 aliphatic heterocycles. The summed E-state index contributed by atoms with van der Waals surface area (Å²) in [5, 5.41) is 27.2. The van der Waals surface area contributed by atoms with Crippen molar-refractivity contribution in [3.63, 3.8) is 0 Å². The van der Waals surface area contributed by atoms with Crippen molar-refractivity contribution in [2.75, 3.05) is 32.9 Å². The van der Waals surface area contributed by atoms with Gasteiger partial charge < -0.3 is 30.4 Å². The van der Waals surface area contributed by atoms with E-state index < -0.39 is 28.6 Å². The summed E-state index contributed by atoms with van der Waals surface area (Å²) in [6.45, 7) is 1.26. The van der Waals surface area contributed by atoms with Gasteiger partial charge in [-0.25, -0.2) is 8.42 Å². The maximum atomic E-state index is 12.7. The van der Waals surface area contributed by atoms with Crippen molar-refractivity contribution < 1.29 is 37.8 Å². The molecule has 1 unspecified atom stereocenters. The predicted octanol–water partition coefficient (Wildman–Crippen LogP) is -0.0984. The van der Waals surface area contributed by atoms with Crippen LogP contribution in [0.2, 0.25) is 6.32 Å². The Bertz CT molecular complexity index is 801. The van der Waals surface area contributed by atoms with Crippen LogP contribution in [0.3, 0.4) is 0 Å². The molecule has 10 nitrogen and oxygen atoms in total. The number of sulfonamides is 1. The monoisotopic (exact) mass is 444 g/mol. The van der Waals surface area contributed by atoms with Crippen molar-refractivity contribution in [1.82, 2.24) is 4.31 Å². The van der Waals surface area contributed by atoms with Crippen LogP contribution in [-0.2, 0) is 19.6 Å². The molecule has 1 saturated heterocycles. The first-order chi connectivity index (χ1) is 14.1. The smallest absolute Gasteiger partial charge is 0.451 e. The lowest BCUT2D eigenvalue weighted by molar-refractivity contribution is -0.144. The number of rotatable bonds is 12. The summed E-state index contributed by atoms with van der Waals surface area (Å²) in [5.41, 5.74) is 4.48. The van der Waals surface area contributed by atoms with E-state index in [4.69, 9.17) is 25.3 Å². The van der Waals surface area contributed by atoms with Crippen molar-refractivity contribution in [3.05, 3.63) is 24.3 Å². The first kappa shape index (κ1) is 24.6. The zero-order valence-electron chi connectivity index (χ0n) is 16.8. The number of nitrogens with two attached hydrogens (primary N) is 1. The number of carbonyl (C=O) groups is 1. The molecule has 5 N–H and O–H groups in total. The first-order valence-corrected chi connectivity index (χ1v) is 11.3. The molecule has 1 heterocycles. The third-order valence-corrected chi connectivity index (χ3v) is 6.89. The van der Waals surface area contributed by atoms with E-state index in [2.05, 4.69) is 0 Å². The van der Waals surface area contributed by atoms with E-state index in [1.54, 1.807) is 12.1 Å². The van der Waals surface area contributed by atoms with Crippen molar-refractivity contribution in [1.29, 1.82) is 0 Å². The minimum atomic E-state index is -3.66. The van der Waals surface area contributed by atoms with Gasteiger partial charge >= 0.3 is 13.1 Å². The van der Waals surface area contributed by atoms with Crippen molar-refractivity contribution in [3.8, 4) is 5.75 Å². The average molecular weight is 444 g/mol. The van der Waals surface area contributed by atoms with Crippen molar-refractivity contribution in [2.45, 2.75) is 42.4 Å². The third kappa shape index (κ3) is 6.93. The number of hydrogen-bond acceptors (Lipinski definition) is 8. The maximum Gasteiger partial charge on any atom is 0.451 e. The average Bonchev–Trinajstić information content (AvgIpc) is 2.72. The minimum Gasteiger partial charge on any atom is -0.493 e. The molecule has 0 aromatic heterocycles. The molecule has 0 amide bonds. The van der Waals surface area contributed by atoms with E-state index in [-0.39, 0.29) is 43.8 Å². The number of carboxylic acid groups (broad SMARTS) is 1. The predicted molar refractivity (Wildman–Crippen MR) is 110 cm³/mol. The Morgan fingerprint density at radius 2 is 1.93 bits per heavy atom. The second-order valence-corrected chi connectivity index (χ2v) is 9.22. The van der Waals surface area contributed by atoms with Crippen LogP contribution in [0.5, 0.6) is 5.75 Å². The molecule has 1 aliphatic rings. The number of carboxylic acids is 1. The quantitative estimate of drug-likeness (QED) is 0.255. The highest BCUT2D eigenvalue weighted by Crippen LogP contribution is 2.23. The van der Waals surface area contributed by atoms with E-state index in [9.17, 15) is 18.3 Å². The standard InChI is InChI=1S/C18H29BN2O8S/c20-18(17(22)23,6-1-2-8-19(24)25)7-11-29-15-4-3-5-16(14-15)30(26,27)21-9-12-28-13-10-21/h3-5,14,24-25H,1-2,6-13,20H2,(H,22,23). The molecule has 1 aromatic carbocycles. The maximum absolute atomic E-state index is 12.7. The van der Waals surface area contributed by atoms with Gasteiger partial charge in [-0.1, -0.05) is 18.9 Å². The van der Waals surface area contributed by atoms with E-state index >= 15 is 0 Å². The second-order valence-electron chi connectivity index (χ2n) is 7.28. The normalized spacial score (nSPS) is 17.3. The van der Waals surface area contributed by atoms with Crippen LogP contribution in [0.25, 0.3) is 0 Å². The highest BCUT2D eigenvalue weighted by Gasteiger charge is 2.33. The molecule has 0 spiro atoms. The van der Waals surface area contributed by atoms with Gasteiger partial charge in [-0.3, -0.25) is 4.79 Å². The zero-order valence-corrected chi connectivity index (χ0v) is 17.6. The fraction of sp³-hybridized carbons (Fsp3) is 0.611. The van der Waals surface area contributed by atoms with Gasteiger partial charge in [0, 0.05) is 25.6 Å². The Kier molecular flexibility index (Phi) is 9.07. The number of hydrogen-bond donors (Lipinski definition) is 4. The molecular formula is C18H29BN2O8S. The Morgan fingerprint density at radius 3 is 2.57 bits per heavy atom. The van der Waals surface area contributed by atoms with Crippen LogP contribution in [-0.4, -0.2) is 79.4 Å². The Balaban J connectivity index is 1.94. The summed E-state index contributed by atoms with van der Waals surface area (Å²) in [4.78, 5) is 11.7. The molecule has 0 bridgehead atoms. The van der Waals surface area contributed by atoms with Gasteiger partial charge in [-0.05, 0) is 24.9 Å². The first-order valence-electron chi connectivity index (χ1n) is 9.84. The topological polar surface area (TPSA) is 160 Å². The van der Waals surface area contributed by atoms with E-state index in [1.165, 1.54) is 16.4 Å². The molecule has 0 saturated carbocycles. The van der Waals surface area contributed by atoms with Crippen LogP contribution in [0, 0.1) is 0 Å². The Morgan fingerprint density at radius 1 is 1.23 bits per heavy atom. The van der Waals surface area contributed by atoms with E-state index in [1.807, 2.05) is 0 Å². The fourth-order valence-corrected chi connectivity index (χ4v) is 4.56. The molecule has 2 rings (SSSR count). The summed E-state index contributed by atoms with van der Waals surface area (Å²) < 4.78 is 37.6. The number of nitrogens with zero attached hydrogens (tertiary/aromatic N) is 1. The van der Waals surface area contributed by atoms with E-state index in [0.29, 0.717) is 31.8 Å². The van der Waals surface area contributed by atoms with Crippen LogP contribution in [0.1, 0.15) is 25.7 Å².